The summed E-state index contributed by atoms with van der Waals surface area (Å²) in [4.78, 5) is 0. The molecule has 0 saturated heterocycles. The van der Waals surface area contributed by atoms with Crippen LogP contribution in [0.5, 0.6) is 0 Å². The lowest BCUT2D eigenvalue weighted by atomic mass is 10.2. The number of aromatic nitrogens is 2. The van der Waals surface area contributed by atoms with Gasteiger partial charge in [-0.05, 0) is 48.2 Å². The number of hydrogen-bond donors (Lipinski definition) is 1. The second kappa shape index (κ2) is 6.27. The molecule has 0 aliphatic rings. The topological polar surface area (TPSA) is 37.8 Å². The largest absolute Gasteiger partial charge is 0.311 e. The van der Waals surface area contributed by atoms with Crippen LogP contribution in [0.4, 0.5) is 0 Å². The Kier molecular flexibility index (Phi) is 4.94. The quantitative estimate of drug-likeness (QED) is 0.794. The molecule has 18 heavy (non-hydrogen) atoms. The third-order valence-electron chi connectivity index (χ3n) is 2.66. The Morgan fingerprint density at radius 3 is 2.83 bits per heavy atom. The van der Waals surface area contributed by atoms with Crippen molar-refractivity contribution < 1.29 is 0 Å². The van der Waals surface area contributed by atoms with Gasteiger partial charge in [0.2, 0.25) is 0 Å². The Balaban J connectivity index is 2.31. The standard InChI is InChI=1S/C12H13ClIN3S/c1-3-10(15-2)12-17-16-11(18-12)7-4-5-9(14)8(13)6-7/h4-6,10,15H,3H2,1-2H3. The van der Waals surface area contributed by atoms with E-state index in [-0.39, 0.29) is 6.04 Å². The number of benzene rings is 1. The van der Waals surface area contributed by atoms with E-state index >= 15 is 0 Å². The minimum Gasteiger partial charge on any atom is -0.311 e. The number of hydrogen-bond acceptors (Lipinski definition) is 4. The van der Waals surface area contributed by atoms with E-state index in [4.69, 9.17) is 11.6 Å². The summed E-state index contributed by atoms with van der Waals surface area (Å²) < 4.78 is 1.05. The van der Waals surface area contributed by atoms with Crippen LogP contribution in [0, 0.1) is 3.57 Å². The van der Waals surface area contributed by atoms with Crippen LogP contribution >= 0.6 is 45.5 Å². The molecule has 1 aromatic carbocycles. The van der Waals surface area contributed by atoms with Crippen molar-refractivity contribution in [2.45, 2.75) is 19.4 Å². The maximum Gasteiger partial charge on any atom is 0.147 e. The molecule has 1 N–H and O–H groups in total. The number of halogens is 2. The zero-order chi connectivity index (χ0) is 13.1. The monoisotopic (exact) mass is 393 g/mol. The summed E-state index contributed by atoms with van der Waals surface area (Å²) in [5, 5.41) is 14.4. The molecule has 0 aliphatic carbocycles. The van der Waals surface area contributed by atoms with Crippen molar-refractivity contribution in [3.05, 3.63) is 31.8 Å². The molecule has 0 saturated carbocycles. The molecule has 0 spiro atoms. The van der Waals surface area contributed by atoms with Gasteiger partial charge in [-0.2, -0.15) is 0 Å². The maximum absolute atomic E-state index is 6.12. The van der Waals surface area contributed by atoms with E-state index in [0.717, 1.165) is 30.6 Å². The Morgan fingerprint density at radius 1 is 1.44 bits per heavy atom. The molecule has 1 atom stereocenters. The first-order valence-electron chi connectivity index (χ1n) is 5.61. The average Bonchev–Trinajstić information content (AvgIpc) is 2.84. The predicted octanol–water partition coefficient (Wildman–Crippen LogP) is 4.13. The van der Waals surface area contributed by atoms with E-state index in [2.05, 4.69) is 45.0 Å². The smallest absolute Gasteiger partial charge is 0.147 e. The maximum atomic E-state index is 6.12. The van der Waals surface area contributed by atoms with Crippen LogP contribution in [0.2, 0.25) is 5.02 Å². The van der Waals surface area contributed by atoms with Gasteiger partial charge in [-0.1, -0.05) is 35.9 Å². The van der Waals surface area contributed by atoms with Gasteiger partial charge >= 0.3 is 0 Å². The highest BCUT2D eigenvalue weighted by Gasteiger charge is 2.14. The summed E-state index contributed by atoms with van der Waals surface area (Å²) in [5.41, 5.74) is 1.02. The van der Waals surface area contributed by atoms with Crippen LogP contribution in [0.15, 0.2) is 18.2 Å². The van der Waals surface area contributed by atoms with Gasteiger partial charge in [-0.3, -0.25) is 0 Å². The molecule has 3 nitrogen and oxygen atoms in total. The zero-order valence-corrected chi connectivity index (χ0v) is 13.8. The zero-order valence-electron chi connectivity index (χ0n) is 10.1. The van der Waals surface area contributed by atoms with Crippen LogP contribution in [-0.2, 0) is 0 Å². The SMILES string of the molecule is CCC(NC)c1nnc(-c2ccc(I)c(Cl)c2)s1. The molecule has 0 amide bonds. The van der Waals surface area contributed by atoms with E-state index < -0.39 is 0 Å². The normalized spacial score (nSPS) is 12.7. The van der Waals surface area contributed by atoms with Gasteiger partial charge in [0, 0.05) is 9.13 Å². The van der Waals surface area contributed by atoms with Gasteiger partial charge in [0.15, 0.2) is 0 Å². The van der Waals surface area contributed by atoms with E-state index in [1.165, 1.54) is 0 Å². The molecule has 6 heteroatoms. The van der Waals surface area contributed by atoms with Crippen molar-refractivity contribution >= 4 is 45.5 Å². The van der Waals surface area contributed by atoms with Gasteiger partial charge < -0.3 is 5.32 Å². The Bertz CT molecular complexity index is 540. The summed E-state index contributed by atoms with van der Waals surface area (Å²) in [6.45, 7) is 2.13. The van der Waals surface area contributed by atoms with Gasteiger partial charge in [0.05, 0.1) is 11.1 Å². The van der Waals surface area contributed by atoms with Crippen molar-refractivity contribution in [2.24, 2.45) is 0 Å². The first-order valence-corrected chi connectivity index (χ1v) is 7.89. The molecule has 1 aromatic heterocycles. The Morgan fingerprint density at radius 2 is 2.22 bits per heavy atom. The van der Waals surface area contributed by atoms with Crippen molar-refractivity contribution in [3.63, 3.8) is 0 Å². The highest BCUT2D eigenvalue weighted by molar-refractivity contribution is 14.1. The molecule has 2 rings (SSSR count). The van der Waals surface area contributed by atoms with Crippen LogP contribution in [0.25, 0.3) is 10.6 Å². The Hall–Kier alpha value is -0.240. The first-order chi connectivity index (χ1) is 8.65. The molecular formula is C12H13ClIN3S. The van der Waals surface area contributed by atoms with Gasteiger partial charge in [0.25, 0.3) is 0 Å². The highest BCUT2D eigenvalue weighted by Crippen LogP contribution is 2.30. The lowest BCUT2D eigenvalue weighted by Crippen LogP contribution is -2.14. The second-order valence-corrected chi connectivity index (χ2v) is 6.40. The molecule has 2 aromatic rings. The summed E-state index contributed by atoms with van der Waals surface area (Å²) in [6, 6.07) is 6.23. The van der Waals surface area contributed by atoms with Gasteiger partial charge in [-0.15, -0.1) is 10.2 Å². The van der Waals surface area contributed by atoms with Crippen LogP contribution in [-0.4, -0.2) is 17.2 Å². The van der Waals surface area contributed by atoms with E-state index in [1.54, 1.807) is 11.3 Å². The summed E-state index contributed by atoms with van der Waals surface area (Å²) in [5.74, 6) is 0. The summed E-state index contributed by atoms with van der Waals surface area (Å²) in [6.07, 6.45) is 0.999. The van der Waals surface area contributed by atoms with E-state index in [1.807, 2.05) is 25.2 Å². The predicted molar refractivity (Wildman–Crippen MR) is 85.2 cm³/mol. The lowest BCUT2D eigenvalue weighted by molar-refractivity contribution is 0.568. The fraction of sp³-hybridized carbons (Fsp3) is 0.333. The van der Waals surface area contributed by atoms with Crippen molar-refractivity contribution in [2.75, 3.05) is 7.05 Å². The molecule has 1 heterocycles. The average molecular weight is 394 g/mol. The van der Waals surface area contributed by atoms with Crippen molar-refractivity contribution in [3.8, 4) is 10.6 Å². The van der Waals surface area contributed by atoms with Crippen molar-refractivity contribution in [1.82, 2.24) is 15.5 Å². The molecule has 0 aliphatic heterocycles. The minimum atomic E-state index is 0.274. The molecule has 0 fully saturated rings. The van der Waals surface area contributed by atoms with Gasteiger partial charge in [0.1, 0.15) is 10.0 Å². The molecule has 96 valence electrons. The minimum absolute atomic E-state index is 0.274. The van der Waals surface area contributed by atoms with Crippen LogP contribution < -0.4 is 5.32 Å². The number of rotatable bonds is 4. The third kappa shape index (κ3) is 3.01. The van der Waals surface area contributed by atoms with E-state index in [0.29, 0.717) is 0 Å². The molecule has 0 bridgehead atoms. The molecule has 1 unspecified atom stereocenters. The first kappa shape index (κ1) is 14.2. The van der Waals surface area contributed by atoms with Crippen molar-refractivity contribution in [1.29, 1.82) is 0 Å². The second-order valence-electron chi connectivity index (χ2n) is 3.82. The fourth-order valence-electron chi connectivity index (χ4n) is 1.62. The Labute approximate surface area is 129 Å². The summed E-state index contributed by atoms with van der Waals surface area (Å²) in [7, 11) is 1.94. The van der Waals surface area contributed by atoms with Crippen LogP contribution in [0.1, 0.15) is 24.4 Å². The number of nitrogens with one attached hydrogen (secondary N) is 1. The lowest BCUT2D eigenvalue weighted by Gasteiger charge is -2.08. The third-order valence-corrected chi connectivity index (χ3v) is 5.32. The van der Waals surface area contributed by atoms with Crippen LogP contribution in [0.3, 0.4) is 0 Å². The molecular weight excluding hydrogens is 381 g/mol. The fourth-order valence-corrected chi connectivity index (χ4v) is 3.17. The molecule has 0 radical (unpaired) electrons. The number of nitrogens with zero attached hydrogens (tertiary/aromatic N) is 2. The van der Waals surface area contributed by atoms with Gasteiger partial charge in [-0.25, -0.2) is 0 Å². The highest BCUT2D eigenvalue weighted by atomic mass is 127. The summed E-state index contributed by atoms with van der Waals surface area (Å²) >= 11 is 9.95. The van der Waals surface area contributed by atoms with E-state index in [9.17, 15) is 0 Å².